The lowest BCUT2D eigenvalue weighted by Crippen LogP contribution is -2.40. The minimum absolute atomic E-state index is 0.0903. The Morgan fingerprint density at radius 1 is 1.43 bits per heavy atom. The molecular weight excluding hydrogens is 380 g/mol. The van der Waals surface area contributed by atoms with Crippen LogP contribution in [0.3, 0.4) is 0 Å². The zero-order chi connectivity index (χ0) is 16.2. The summed E-state index contributed by atoms with van der Waals surface area (Å²) in [6, 6.07) is 3.47. The van der Waals surface area contributed by atoms with Gasteiger partial charge in [-0.1, -0.05) is 33.6 Å². The molecule has 0 fully saturated rings. The van der Waals surface area contributed by atoms with Crippen molar-refractivity contribution in [1.29, 1.82) is 0 Å². The molecule has 116 valence electrons. The SMILES string of the molecule is O=C(c1c(Cl)cccc1[N+](=O)[O-])N(CCBr)CC(F)(F)F. The van der Waals surface area contributed by atoms with E-state index in [1.165, 1.54) is 12.1 Å². The summed E-state index contributed by atoms with van der Waals surface area (Å²) < 4.78 is 37.5. The second-order valence-electron chi connectivity index (χ2n) is 3.92. The molecule has 0 aliphatic carbocycles. The number of nitrogens with zero attached hydrogens (tertiary/aromatic N) is 2. The Morgan fingerprint density at radius 2 is 2.05 bits per heavy atom. The average Bonchev–Trinajstić information content (AvgIpc) is 2.35. The van der Waals surface area contributed by atoms with Gasteiger partial charge in [-0.3, -0.25) is 14.9 Å². The van der Waals surface area contributed by atoms with Crippen LogP contribution in [-0.4, -0.2) is 40.3 Å². The fraction of sp³-hybridized carbons (Fsp3) is 0.364. The van der Waals surface area contributed by atoms with E-state index in [4.69, 9.17) is 11.6 Å². The lowest BCUT2D eigenvalue weighted by atomic mass is 10.1. The van der Waals surface area contributed by atoms with Gasteiger partial charge >= 0.3 is 6.18 Å². The van der Waals surface area contributed by atoms with Gasteiger partial charge in [0.1, 0.15) is 12.1 Å². The molecule has 0 atom stereocenters. The van der Waals surface area contributed by atoms with E-state index in [9.17, 15) is 28.1 Å². The molecule has 1 amide bonds. The van der Waals surface area contributed by atoms with E-state index in [0.717, 1.165) is 6.07 Å². The monoisotopic (exact) mass is 388 g/mol. The van der Waals surface area contributed by atoms with Crippen molar-refractivity contribution in [2.75, 3.05) is 18.4 Å². The summed E-state index contributed by atoms with van der Waals surface area (Å²) in [6.45, 7) is -1.78. The van der Waals surface area contributed by atoms with Crippen molar-refractivity contribution in [2.45, 2.75) is 6.18 Å². The van der Waals surface area contributed by atoms with Gasteiger partial charge in [-0.2, -0.15) is 13.2 Å². The first-order valence-electron chi connectivity index (χ1n) is 5.52. The first kappa shape index (κ1) is 17.7. The predicted octanol–water partition coefficient (Wildman–Crippen LogP) is 3.65. The van der Waals surface area contributed by atoms with Crippen LogP contribution in [0.1, 0.15) is 10.4 Å². The molecule has 0 saturated carbocycles. The molecule has 0 aliphatic rings. The van der Waals surface area contributed by atoms with Crippen molar-refractivity contribution in [3.63, 3.8) is 0 Å². The number of rotatable bonds is 5. The third-order valence-electron chi connectivity index (χ3n) is 2.41. The molecule has 0 heterocycles. The topological polar surface area (TPSA) is 63.4 Å². The van der Waals surface area contributed by atoms with Crippen LogP contribution in [0.15, 0.2) is 18.2 Å². The van der Waals surface area contributed by atoms with Gasteiger partial charge in [0.2, 0.25) is 0 Å². The summed E-state index contributed by atoms with van der Waals surface area (Å²) in [7, 11) is 0. The largest absolute Gasteiger partial charge is 0.406 e. The average molecular weight is 390 g/mol. The summed E-state index contributed by atoms with van der Waals surface area (Å²) in [5.74, 6) is -1.14. The lowest BCUT2D eigenvalue weighted by Gasteiger charge is -2.23. The van der Waals surface area contributed by atoms with E-state index in [0.29, 0.717) is 4.90 Å². The van der Waals surface area contributed by atoms with Gasteiger partial charge in [0.05, 0.1) is 9.95 Å². The van der Waals surface area contributed by atoms with E-state index in [2.05, 4.69) is 15.9 Å². The van der Waals surface area contributed by atoms with Gasteiger partial charge in [-0.15, -0.1) is 0 Å². The second kappa shape index (κ2) is 7.08. The Balaban J connectivity index is 3.24. The molecule has 1 aromatic carbocycles. The smallest absolute Gasteiger partial charge is 0.328 e. The summed E-state index contributed by atoms with van der Waals surface area (Å²) >= 11 is 8.68. The minimum Gasteiger partial charge on any atom is -0.328 e. The van der Waals surface area contributed by atoms with Gasteiger partial charge in [-0.05, 0) is 6.07 Å². The highest BCUT2D eigenvalue weighted by atomic mass is 79.9. The summed E-state index contributed by atoms with van der Waals surface area (Å²) in [4.78, 5) is 22.7. The Bertz CT molecular complexity index is 554. The predicted molar refractivity (Wildman–Crippen MR) is 73.9 cm³/mol. The van der Waals surface area contributed by atoms with Crippen molar-refractivity contribution in [2.24, 2.45) is 0 Å². The molecule has 0 spiro atoms. The Labute approximate surface area is 130 Å². The van der Waals surface area contributed by atoms with Crippen LogP contribution >= 0.6 is 27.5 Å². The van der Waals surface area contributed by atoms with Crippen LogP contribution in [0, 0.1) is 10.1 Å². The molecule has 5 nitrogen and oxygen atoms in total. The van der Waals surface area contributed by atoms with E-state index >= 15 is 0 Å². The lowest BCUT2D eigenvalue weighted by molar-refractivity contribution is -0.385. The molecule has 0 saturated heterocycles. The van der Waals surface area contributed by atoms with Gasteiger partial charge in [-0.25, -0.2) is 0 Å². The van der Waals surface area contributed by atoms with Crippen molar-refractivity contribution >= 4 is 39.1 Å². The Kier molecular flexibility index (Phi) is 5.97. The number of carbonyl (C=O) groups excluding carboxylic acids is 1. The standard InChI is InChI=1S/C11H9BrClF3N2O3/c12-4-5-17(6-11(14,15)16)10(19)9-7(13)2-1-3-8(9)18(20)21/h1-3H,4-6H2. The van der Waals surface area contributed by atoms with Gasteiger partial charge in [0.25, 0.3) is 11.6 Å². The molecule has 0 aliphatic heterocycles. The number of hydrogen-bond acceptors (Lipinski definition) is 3. The molecule has 0 bridgehead atoms. The molecule has 1 aromatic rings. The summed E-state index contributed by atoms with van der Waals surface area (Å²) in [5, 5.41) is 10.7. The zero-order valence-electron chi connectivity index (χ0n) is 10.4. The van der Waals surface area contributed by atoms with Crippen LogP contribution in [0.4, 0.5) is 18.9 Å². The zero-order valence-corrected chi connectivity index (χ0v) is 12.7. The number of hydrogen-bond donors (Lipinski definition) is 0. The highest BCUT2D eigenvalue weighted by molar-refractivity contribution is 9.09. The maximum Gasteiger partial charge on any atom is 0.406 e. The number of nitro groups is 1. The maximum absolute atomic E-state index is 12.5. The summed E-state index contributed by atoms with van der Waals surface area (Å²) in [5.41, 5.74) is -1.18. The summed E-state index contributed by atoms with van der Waals surface area (Å²) in [6.07, 6.45) is -4.62. The quantitative estimate of drug-likeness (QED) is 0.439. The van der Waals surface area contributed by atoms with E-state index in [1.807, 2.05) is 0 Å². The highest BCUT2D eigenvalue weighted by Crippen LogP contribution is 2.28. The van der Waals surface area contributed by atoms with Crippen LogP contribution in [0.5, 0.6) is 0 Å². The fourth-order valence-corrected chi connectivity index (χ4v) is 2.28. The van der Waals surface area contributed by atoms with Crippen LogP contribution < -0.4 is 0 Å². The Morgan fingerprint density at radius 3 is 2.52 bits per heavy atom. The number of nitro benzene ring substituents is 1. The first-order valence-corrected chi connectivity index (χ1v) is 7.02. The Hall–Kier alpha value is -1.35. The van der Waals surface area contributed by atoms with Gasteiger partial charge in [0.15, 0.2) is 0 Å². The molecule has 0 N–H and O–H groups in total. The molecule has 21 heavy (non-hydrogen) atoms. The van der Waals surface area contributed by atoms with Gasteiger partial charge in [0, 0.05) is 17.9 Å². The van der Waals surface area contributed by atoms with Crippen molar-refractivity contribution in [3.8, 4) is 0 Å². The van der Waals surface area contributed by atoms with Crippen molar-refractivity contribution in [3.05, 3.63) is 38.9 Å². The highest BCUT2D eigenvalue weighted by Gasteiger charge is 2.35. The number of alkyl halides is 4. The third kappa shape index (κ3) is 4.85. The van der Waals surface area contributed by atoms with Crippen LogP contribution in [-0.2, 0) is 0 Å². The van der Waals surface area contributed by atoms with Crippen LogP contribution in [0.2, 0.25) is 5.02 Å². The number of amides is 1. The van der Waals surface area contributed by atoms with Crippen molar-refractivity contribution in [1.82, 2.24) is 4.90 Å². The normalized spacial score (nSPS) is 11.3. The van der Waals surface area contributed by atoms with E-state index in [-0.39, 0.29) is 16.9 Å². The molecule has 0 radical (unpaired) electrons. The van der Waals surface area contributed by atoms with Crippen molar-refractivity contribution < 1.29 is 22.9 Å². The molecule has 0 unspecified atom stereocenters. The van der Waals surface area contributed by atoms with E-state index in [1.54, 1.807) is 0 Å². The van der Waals surface area contributed by atoms with E-state index < -0.39 is 34.8 Å². The number of halogens is 5. The second-order valence-corrected chi connectivity index (χ2v) is 5.12. The maximum atomic E-state index is 12.5. The molecule has 0 aromatic heterocycles. The number of benzene rings is 1. The van der Waals surface area contributed by atoms with Gasteiger partial charge < -0.3 is 4.90 Å². The minimum atomic E-state index is -4.62. The molecule has 10 heteroatoms. The van der Waals surface area contributed by atoms with Crippen LogP contribution in [0.25, 0.3) is 0 Å². The molecule has 1 rings (SSSR count). The fourth-order valence-electron chi connectivity index (χ4n) is 1.61. The molecular formula is C11H9BrClF3N2O3. The third-order valence-corrected chi connectivity index (χ3v) is 3.08. The number of carbonyl (C=O) groups is 1. The first-order chi connectivity index (χ1) is 9.67.